The average Bonchev–Trinajstić information content (AvgIpc) is 1.82. The van der Waals surface area contributed by atoms with Crippen molar-refractivity contribution in [3.63, 3.8) is 0 Å². The molecule has 2 nitrogen and oxygen atoms in total. The summed E-state index contributed by atoms with van der Waals surface area (Å²) in [6, 6.07) is 0. The van der Waals surface area contributed by atoms with Crippen molar-refractivity contribution >= 4 is 12.1 Å². The van der Waals surface area contributed by atoms with Crippen molar-refractivity contribution in [2.24, 2.45) is 5.92 Å². The highest BCUT2D eigenvalue weighted by Crippen LogP contribution is 1.99. The lowest BCUT2D eigenvalue weighted by atomic mass is 10.1. The second kappa shape index (κ2) is 4.24. The normalized spacial score (nSPS) is 9.67. The van der Waals surface area contributed by atoms with Crippen molar-refractivity contribution in [2.45, 2.75) is 26.7 Å². The van der Waals surface area contributed by atoms with E-state index in [2.05, 4.69) is 0 Å². The minimum atomic E-state index is 0.0540. The maximum Gasteiger partial charge on any atom is 0.198 e. The maximum absolute atomic E-state index is 10.7. The summed E-state index contributed by atoms with van der Waals surface area (Å²) < 4.78 is 0. The first-order valence-electron chi connectivity index (χ1n) is 3.06. The summed E-state index contributed by atoms with van der Waals surface area (Å²) in [5.74, 6) is 0.191. The quantitative estimate of drug-likeness (QED) is 0.566. The molecule has 0 unspecified atom stereocenters. The van der Waals surface area contributed by atoms with Gasteiger partial charge in [0, 0.05) is 18.8 Å². The Morgan fingerprint density at radius 2 is 2.11 bits per heavy atom. The van der Waals surface area contributed by atoms with Gasteiger partial charge in [0.2, 0.25) is 0 Å². The van der Waals surface area contributed by atoms with Gasteiger partial charge in [0.1, 0.15) is 5.78 Å². The second-order valence-corrected chi connectivity index (χ2v) is 2.27. The fraction of sp³-hybridized carbons (Fsp3) is 0.714. The highest BCUT2D eigenvalue weighted by atomic mass is 16.1. The number of hydrogen-bond acceptors (Lipinski definition) is 2. The van der Waals surface area contributed by atoms with E-state index in [0.29, 0.717) is 6.42 Å². The van der Waals surface area contributed by atoms with Crippen LogP contribution >= 0.6 is 0 Å². The third-order valence-corrected chi connectivity index (χ3v) is 1.12. The Bertz CT molecular complexity index is 105. The molecule has 51 valence electrons. The number of Topliss-reactive ketones (excluding diaryl/α,β-unsaturated/α-hetero) is 1. The molecule has 0 saturated heterocycles. The van der Waals surface area contributed by atoms with Crippen molar-refractivity contribution in [2.75, 3.05) is 0 Å². The predicted molar refractivity (Wildman–Crippen MR) is 34.8 cm³/mol. The van der Waals surface area contributed by atoms with E-state index in [-0.39, 0.29) is 18.1 Å². The summed E-state index contributed by atoms with van der Waals surface area (Å²) in [5, 5.41) is 0. The summed E-state index contributed by atoms with van der Waals surface area (Å²) >= 11 is 0. The molecule has 2 heteroatoms. The fourth-order valence-corrected chi connectivity index (χ4v) is 0.463. The maximum atomic E-state index is 10.7. The van der Waals surface area contributed by atoms with Crippen molar-refractivity contribution < 1.29 is 9.59 Å². The molecule has 0 atom stereocenters. The average molecular weight is 127 g/mol. The smallest absolute Gasteiger partial charge is 0.198 e. The summed E-state index contributed by atoms with van der Waals surface area (Å²) in [6.07, 6.45) is 2.28. The number of hydrogen-bond donors (Lipinski definition) is 0. The molecule has 0 saturated carbocycles. The molecule has 9 heavy (non-hydrogen) atoms. The van der Waals surface area contributed by atoms with Gasteiger partial charge >= 0.3 is 0 Å². The van der Waals surface area contributed by atoms with Crippen LogP contribution in [0.4, 0.5) is 0 Å². The van der Waals surface area contributed by atoms with Crippen LogP contribution in [0.1, 0.15) is 26.7 Å². The first kappa shape index (κ1) is 8.34. The number of ketones is 1. The van der Waals surface area contributed by atoms with Crippen LogP contribution in [0.25, 0.3) is 0 Å². The van der Waals surface area contributed by atoms with Crippen LogP contribution in [-0.4, -0.2) is 12.1 Å². The summed E-state index contributed by atoms with van der Waals surface area (Å²) in [7, 11) is 0. The van der Waals surface area contributed by atoms with Crippen LogP contribution in [0.3, 0.4) is 0 Å². The predicted octanol–water partition coefficient (Wildman–Crippen LogP) is 1.10. The van der Waals surface area contributed by atoms with Gasteiger partial charge in [-0.25, -0.2) is 0 Å². The first-order valence-corrected chi connectivity index (χ1v) is 3.06. The zero-order valence-electron chi connectivity index (χ0n) is 5.81. The zero-order chi connectivity index (χ0) is 7.28. The lowest BCUT2D eigenvalue weighted by Crippen LogP contribution is -2.06. The Morgan fingerprint density at radius 1 is 1.56 bits per heavy atom. The van der Waals surface area contributed by atoms with Crippen molar-refractivity contribution in [3.8, 4) is 0 Å². The van der Waals surface area contributed by atoms with E-state index in [4.69, 9.17) is 0 Å². The van der Waals surface area contributed by atoms with Gasteiger partial charge in [-0.15, -0.1) is 0 Å². The van der Waals surface area contributed by atoms with Gasteiger partial charge in [-0.1, -0.05) is 13.8 Å². The van der Waals surface area contributed by atoms with Gasteiger partial charge in [0.05, 0.1) is 0 Å². The van der Waals surface area contributed by atoms with Crippen LogP contribution in [0.5, 0.6) is 0 Å². The Labute approximate surface area is 55.3 Å². The third kappa shape index (κ3) is 3.88. The number of rotatable bonds is 4. The fourth-order valence-electron chi connectivity index (χ4n) is 0.463. The molecule has 0 aliphatic heterocycles. The standard InChI is InChI=1S/C7H11O2/c1-6(2)7(9)4-3-5-8/h6H,3-4H2,1-2H3. The van der Waals surface area contributed by atoms with Gasteiger partial charge in [-0.2, -0.15) is 0 Å². The number of carbonyl (C=O) groups excluding carboxylic acids is 2. The molecule has 0 aromatic heterocycles. The molecule has 0 spiro atoms. The first-order chi connectivity index (χ1) is 4.18. The molecule has 0 amide bonds. The third-order valence-electron chi connectivity index (χ3n) is 1.12. The molecular formula is C7H11O2. The lowest BCUT2D eigenvalue weighted by molar-refractivity contribution is -0.121. The van der Waals surface area contributed by atoms with Gasteiger partial charge in [0.25, 0.3) is 0 Å². The van der Waals surface area contributed by atoms with E-state index in [1.165, 1.54) is 0 Å². The highest BCUT2D eigenvalue weighted by Gasteiger charge is 2.04. The van der Waals surface area contributed by atoms with Crippen LogP contribution in [0, 0.1) is 5.92 Å². The summed E-state index contributed by atoms with van der Waals surface area (Å²) in [4.78, 5) is 20.4. The summed E-state index contributed by atoms with van der Waals surface area (Å²) in [6.45, 7) is 3.65. The Hall–Kier alpha value is -0.660. The van der Waals surface area contributed by atoms with Gasteiger partial charge < -0.3 is 0 Å². The van der Waals surface area contributed by atoms with Gasteiger partial charge in [-0.05, 0) is 0 Å². The number of carbonyl (C=O) groups is 1. The highest BCUT2D eigenvalue weighted by molar-refractivity contribution is 5.81. The second-order valence-electron chi connectivity index (χ2n) is 2.27. The molecule has 0 aliphatic carbocycles. The lowest BCUT2D eigenvalue weighted by Gasteiger charge is -1.98. The van der Waals surface area contributed by atoms with Gasteiger partial charge in [0.15, 0.2) is 6.29 Å². The van der Waals surface area contributed by atoms with Gasteiger partial charge in [-0.3, -0.25) is 9.59 Å². The van der Waals surface area contributed by atoms with Crippen LogP contribution in [-0.2, 0) is 9.59 Å². The minimum absolute atomic E-state index is 0.0540. The topological polar surface area (TPSA) is 34.1 Å². The van der Waals surface area contributed by atoms with E-state index in [9.17, 15) is 9.59 Å². The molecular weight excluding hydrogens is 116 g/mol. The molecule has 0 rings (SSSR count). The zero-order valence-corrected chi connectivity index (χ0v) is 5.81. The van der Waals surface area contributed by atoms with Crippen LogP contribution in [0.15, 0.2) is 0 Å². The molecule has 0 bridgehead atoms. The van der Waals surface area contributed by atoms with Crippen molar-refractivity contribution in [1.82, 2.24) is 0 Å². The van der Waals surface area contributed by atoms with E-state index >= 15 is 0 Å². The molecule has 0 aromatic carbocycles. The molecule has 1 radical (unpaired) electrons. The molecule has 0 N–H and O–H groups in total. The van der Waals surface area contributed by atoms with Crippen LogP contribution in [0.2, 0.25) is 0 Å². The largest absolute Gasteiger partial charge is 0.299 e. The monoisotopic (exact) mass is 127 g/mol. The minimum Gasteiger partial charge on any atom is -0.299 e. The molecule has 0 fully saturated rings. The SMILES string of the molecule is CC(C)C(=O)CC[C]=O. The van der Waals surface area contributed by atoms with E-state index < -0.39 is 0 Å². The van der Waals surface area contributed by atoms with Crippen LogP contribution < -0.4 is 0 Å². The van der Waals surface area contributed by atoms with E-state index in [1.807, 2.05) is 13.8 Å². The Morgan fingerprint density at radius 3 is 2.44 bits per heavy atom. The Kier molecular flexibility index (Phi) is 3.93. The Balaban J connectivity index is 3.38. The van der Waals surface area contributed by atoms with Crippen molar-refractivity contribution in [3.05, 3.63) is 0 Å². The summed E-state index contributed by atoms with van der Waals surface area (Å²) in [5.41, 5.74) is 0. The molecule has 0 aromatic rings. The van der Waals surface area contributed by atoms with Crippen molar-refractivity contribution in [1.29, 1.82) is 0 Å². The van der Waals surface area contributed by atoms with E-state index in [0.717, 1.165) is 0 Å². The molecule has 0 heterocycles. The molecule has 0 aliphatic rings. The van der Waals surface area contributed by atoms with E-state index in [1.54, 1.807) is 6.29 Å².